The third kappa shape index (κ3) is 5.62. The summed E-state index contributed by atoms with van der Waals surface area (Å²) in [4.78, 5) is 31.4. The lowest BCUT2D eigenvalue weighted by Crippen LogP contribution is -2.46. The predicted octanol–water partition coefficient (Wildman–Crippen LogP) is 4.71. The molecule has 186 valence electrons. The van der Waals surface area contributed by atoms with E-state index in [1.807, 2.05) is 24.3 Å². The second-order valence-electron chi connectivity index (χ2n) is 8.59. The van der Waals surface area contributed by atoms with Crippen molar-refractivity contribution < 1.29 is 9.18 Å². The number of aldehydes is 1. The Labute approximate surface area is 217 Å². The van der Waals surface area contributed by atoms with Crippen LogP contribution in [0.15, 0.2) is 48.7 Å². The van der Waals surface area contributed by atoms with Crippen LogP contribution >= 0.6 is 22.9 Å². The molecule has 1 saturated heterocycles. The van der Waals surface area contributed by atoms with Crippen molar-refractivity contribution in [1.29, 1.82) is 0 Å². The fourth-order valence-corrected chi connectivity index (χ4v) is 5.17. The highest BCUT2D eigenvalue weighted by Gasteiger charge is 2.17. The number of benzene rings is 1. The molecule has 0 saturated carbocycles. The normalized spacial score (nSPS) is 14.8. The van der Waals surface area contributed by atoms with Gasteiger partial charge in [-0.2, -0.15) is 0 Å². The largest absolute Gasteiger partial charge is 0.327 e. The van der Waals surface area contributed by atoms with E-state index in [0.717, 1.165) is 54.9 Å². The molecular formula is C25H25ClFN7OS. The van der Waals surface area contributed by atoms with E-state index in [1.165, 1.54) is 17.4 Å². The minimum absolute atomic E-state index is 0.348. The predicted molar refractivity (Wildman–Crippen MR) is 142 cm³/mol. The van der Waals surface area contributed by atoms with Gasteiger partial charge in [-0.25, -0.2) is 19.3 Å². The topological polar surface area (TPSA) is 77.5 Å². The lowest BCUT2D eigenvalue weighted by Gasteiger charge is -2.33. The molecular weight excluding hydrogens is 501 g/mol. The average molecular weight is 526 g/mol. The van der Waals surface area contributed by atoms with E-state index in [2.05, 4.69) is 30.1 Å². The fraction of sp³-hybridized carbons (Fsp3) is 0.280. The number of hydrogen-bond acceptors (Lipinski definition) is 9. The van der Waals surface area contributed by atoms with Gasteiger partial charge < -0.3 is 15.0 Å². The Kier molecular flexibility index (Phi) is 7.38. The highest BCUT2D eigenvalue weighted by atomic mass is 35.5. The minimum Gasteiger partial charge on any atom is -0.327 e. The maximum atomic E-state index is 14.4. The molecule has 0 bridgehead atoms. The number of carbonyl (C=O) groups is 1. The van der Waals surface area contributed by atoms with Crippen LogP contribution in [-0.2, 0) is 11.3 Å². The summed E-state index contributed by atoms with van der Waals surface area (Å²) in [5, 5.41) is 4.32. The van der Waals surface area contributed by atoms with Gasteiger partial charge in [-0.05, 0) is 48.0 Å². The molecule has 1 N–H and O–H groups in total. The van der Waals surface area contributed by atoms with Gasteiger partial charge in [0.2, 0.25) is 0 Å². The summed E-state index contributed by atoms with van der Waals surface area (Å²) in [5.41, 5.74) is 2.30. The summed E-state index contributed by atoms with van der Waals surface area (Å²) >= 11 is 7.29. The average Bonchev–Trinajstić information content (AvgIpc) is 3.27. The van der Waals surface area contributed by atoms with E-state index in [-0.39, 0.29) is 0 Å². The number of piperazine rings is 1. The molecule has 0 atom stereocenters. The number of carbonyl (C=O) groups excluding carboxylic acids is 1. The summed E-state index contributed by atoms with van der Waals surface area (Å²) in [6.07, 6.45) is 2.76. The molecule has 4 heterocycles. The van der Waals surface area contributed by atoms with Crippen LogP contribution in [-0.4, -0.2) is 70.8 Å². The van der Waals surface area contributed by atoms with E-state index < -0.39 is 5.82 Å². The number of nitrogens with zero attached hydrogens (tertiary/aromatic N) is 6. The molecule has 36 heavy (non-hydrogen) atoms. The lowest BCUT2D eigenvalue weighted by molar-refractivity contribution is -0.109. The molecule has 4 aromatic rings. The summed E-state index contributed by atoms with van der Waals surface area (Å²) < 4.78 is 14.4. The van der Waals surface area contributed by atoms with Crippen LogP contribution in [0.4, 0.5) is 26.8 Å². The quantitative estimate of drug-likeness (QED) is 0.331. The zero-order valence-corrected chi connectivity index (χ0v) is 21.3. The van der Waals surface area contributed by atoms with Crippen molar-refractivity contribution in [2.24, 2.45) is 0 Å². The van der Waals surface area contributed by atoms with Gasteiger partial charge in [0.25, 0.3) is 0 Å². The molecule has 8 nitrogen and oxygen atoms in total. The Morgan fingerprint density at radius 2 is 1.92 bits per heavy atom. The first kappa shape index (κ1) is 24.5. The van der Waals surface area contributed by atoms with Crippen LogP contribution < -0.4 is 10.2 Å². The Morgan fingerprint density at radius 1 is 1.11 bits per heavy atom. The molecule has 0 aliphatic carbocycles. The number of aromatic nitrogens is 3. The molecule has 0 amide bonds. The maximum Gasteiger partial charge on any atom is 0.190 e. The van der Waals surface area contributed by atoms with Gasteiger partial charge in [-0.3, -0.25) is 9.80 Å². The van der Waals surface area contributed by atoms with Crippen molar-refractivity contribution in [3.8, 4) is 0 Å². The summed E-state index contributed by atoms with van der Waals surface area (Å²) in [5.74, 6) is 0.909. The van der Waals surface area contributed by atoms with Gasteiger partial charge >= 0.3 is 0 Å². The van der Waals surface area contributed by atoms with Gasteiger partial charge in [0.05, 0.1) is 12.2 Å². The van der Waals surface area contributed by atoms with E-state index in [0.29, 0.717) is 34.0 Å². The molecule has 3 aromatic heterocycles. The Hall–Kier alpha value is -3.18. The Bertz CT molecular complexity index is 1380. The first-order valence-electron chi connectivity index (χ1n) is 11.5. The van der Waals surface area contributed by atoms with E-state index in [9.17, 15) is 9.18 Å². The van der Waals surface area contributed by atoms with Crippen LogP contribution in [0.25, 0.3) is 10.3 Å². The van der Waals surface area contributed by atoms with E-state index >= 15 is 0 Å². The number of anilines is 4. The van der Waals surface area contributed by atoms with Crippen molar-refractivity contribution in [3.63, 3.8) is 0 Å². The van der Waals surface area contributed by atoms with Crippen LogP contribution in [0.2, 0.25) is 5.02 Å². The molecule has 0 radical (unpaired) electrons. The summed E-state index contributed by atoms with van der Waals surface area (Å²) in [6.45, 7) is 4.98. The van der Waals surface area contributed by atoms with Crippen molar-refractivity contribution >= 4 is 62.0 Å². The molecule has 1 aliphatic rings. The van der Waals surface area contributed by atoms with Gasteiger partial charge in [0.15, 0.2) is 5.13 Å². The number of fused-ring (bicyclic) bond motifs is 1. The first-order valence-corrected chi connectivity index (χ1v) is 12.7. The maximum absolute atomic E-state index is 14.4. The molecule has 0 unspecified atom stereocenters. The SMILES string of the molecule is CN(c1ccc2nc(Nc3cc(CN4CCN(CC=O)CC4)ccn3)sc2n1)c1ccc(Cl)cc1F. The highest BCUT2D eigenvalue weighted by Crippen LogP contribution is 2.31. The summed E-state index contributed by atoms with van der Waals surface area (Å²) in [6, 6.07) is 12.3. The third-order valence-electron chi connectivity index (χ3n) is 6.12. The molecule has 1 aliphatic heterocycles. The highest BCUT2D eigenvalue weighted by molar-refractivity contribution is 7.21. The summed E-state index contributed by atoms with van der Waals surface area (Å²) in [7, 11) is 1.76. The second-order valence-corrected chi connectivity index (χ2v) is 10.00. The molecule has 1 aromatic carbocycles. The molecule has 11 heteroatoms. The zero-order chi connectivity index (χ0) is 25.1. The smallest absolute Gasteiger partial charge is 0.190 e. The Morgan fingerprint density at radius 3 is 2.69 bits per heavy atom. The van der Waals surface area contributed by atoms with E-state index in [4.69, 9.17) is 11.6 Å². The van der Waals surface area contributed by atoms with Crippen molar-refractivity contribution in [1.82, 2.24) is 24.8 Å². The van der Waals surface area contributed by atoms with Crippen molar-refractivity contribution in [2.75, 3.05) is 50.0 Å². The van der Waals surface area contributed by atoms with Gasteiger partial charge in [-0.15, -0.1) is 0 Å². The van der Waals surface area contributed by atoms with Crippen LogP contribution in [0.5, 0.6) is 0 Å². The van der Waals surface area contributed by atoms with E-state index in [1.54, 1.807) is 30.3 Å². The molecule has 5 rings (SSSR count). The van der Waals surface area contributed by atoms with Gasteiger partial charge in [-0.1, -0.05) is 22.9 Å². The van der Waals surface area contributed by atoms with Crippen LogP contribution in [0, 0.1) is 5.82 Å². The number of halogens is 2. The van der Waals surface area contributed by atoms with Gasteiger partial charge in [0, 0.05) is 51.0 Å². The second kappa shape index (κ2) is 10.8. The third-order valence-corrected chi connectivity index (χ3v) is 7.23. The zero-order valence-electron chi connectivity index (χ0n) is 19.7. The molecule has 1 fully saturated rings. The standard InChI is InChI=1S/C25H25ClFN7OS/c1-32(21-4-2-18(26)15-19(21)27)23-5-3-20-24(31-23)36-25(29-20)30-22-14-17(6-7-28-22)16-34-10-8-33(9-11-34)12-13-35/h2-7,13-15H,8-12,16H2,1H3,(H,28,29,30). The lowest BCUT2D eigenvalue weighted by atomic mass is 10.2. The molecule has 0 spiro atoms. The van der Waals surface area contributed by atoms with Crippen molar-refractivity contribution in [2.45, 2.75) is 6.54 Å². The number of rotatable bonds is 8. The van der Waals surface area contributed by atoms with Crippen LogP contribution in [0.1, 0.15) is 5.56 Å². The number of thiazole rings is 1. The minimum atomic E-state index is -0.410. The van der Waals surface area contributed by atoms with Gasteiger partial charge in [0.1, 0.15) is 34.1 Å². The van der Waals surface area contributed by atoms with Crippen molar-refractivity contribution in [3.05, 3.63) is 65.1 Å². The van der Waals surface area contributed by atoms with Crippen LogP contribution in [0.3, 0.4) is 0 Å². The first-order chi connectivity index (χ1) is 17.5. The number of nitrogens with one attached hydrogen (secondary N) is 1. The fourth-order valence-electron chi connectivity index (χ4n) is 4.17. The number of hydrogen-bond donors (Lipinski definition) is 1. The Balaban J connectivity index is 1.27. The monoisotopic (exact) mass is 525 g/mol. The number of pyridine rings is 2.